The molecule has 0 saturated heterocycles. The molecule has 1 rings (SSSR count). The lowest BCUT2D eigenvalue weighted by atomic mass is 9.77. The van der Waals surface area contributed by atoms with Crippen molar-refractivity contribution in [1.82, 2.24) is 0 Å². The molecule has 1 N–H and O–H groups in total. The van der Waals surface area contributed by atoms with Crippen LogP contribution in [0.5, 0.6) is 0 Å². The minimum Gasteiger partial charge on any atom is -0.390 e. The van der Waals surface area contributed by atoms with Gasteiger partial charge in [-0.1, -0.05) is 20.8 Å². The molecule has 1 saturated carbocycles. The lowest BCUT2D eigenvalue weighted by molar-refractivity contribution is -0.126. The highest BCUT2D eigenvalue weighted by Gasteiger charge is 2.45. The van der Waals surface area contributed by atoms with Crippen molar-refractivity contribution in [3.05, 3.63) is 0 Å². The van der Waals surface area contributed by atoms with Crippen molar-refractivity contribution in [2.75, 3.05) is 6.61 Å². The van der Waals surface area contributed by atoms with Crippen molar-refractivity contribution in [2.45, 2.75) is 83.8 Å². The van der Waals surface area contributed by atoms with Crippen molar-refractivity contribution in [1.29, 1.82) is 0 Å². The number of ether oxygens (including phenoxy) is 1. The van der Waals surface area contributed by atoms with Gasteiger partial charge >= 0.3 is 0 Å². The van der Waals surface area contributed by atoms with E-state index >= 15 is 0 Å². The zero-order chi connectivity index (χ0) is 15.2. The first-order valence-electron chi connectivity index (χ1n) is 8.24. The Balaban J connectivity index is 2.67. The van der Waals surface area contributed by atoms with Gasteiger partial charge in [0.25, 0.3) is 0 Å². The Morgan fingerprint density at radius 3 is 2.25 bits per heavy atom. The first-order chi connectivity index (χ1) is 9.44. The van der Waals surface area contributed by atoms with Gasteiger partial charge in [-0.25, -0.2) is 0 Å². The van der Waals surface area contributed by atoms with Gasteiger partial charge in [0.1, 0.15) is 6.29 Å². The minimum atomic E-state index is -0.646. The van der Waals surface area contributed by atoms with E-state index in [0.717, 1.165) is 25.5 Å². The van der Waals surface area contributed by atoms with E-state index in [0.29, 0.717) is 31.3 Å². The fourth-order valence-corrected chi connectivity index (χ4v) is 3.18. The van der Waals surface area contributed by atoms with Crippen LogP contribution in [-0.2, 0) is 9.53 Å². The molecule has 2 atom stereocenters. The summed E-state index contributed by atoms with van der Waals surface area (Å²) in [5.74, 6) is 1.01. The van der Waals surface area contributed by atoms with Crippen LogP contribution >= 0.6 is 0 Å². The van der Waals surface area contributed by atoms with E-state index in [1.165, 1.54) is 12.8 Å². The molecule has 0 radical (unpaired) electrons. The molecule has 3 nitrogen and oxygen atoms in total. The highest BCUT2D eigenvalue weighted by atomic mass is 16.5. The van der Waals surface area contributed by atoms with Gasteiger partial charge in [0.2, 0.25) is 0 Å². The van der Waals surface area contributed by atoms with Gasteiger partial charge in [-0.05, 0) is 57.3 Å². The monoisotopic (exact) mass is 284 g/mol. The third kappa shape index (κ3) is 4.56. The van der Waals surface area contributed by atoms with E-state index in [1.54, 1.807) is 0 Å². The van der Waals surface area contributed by atoms with E-state index in [-0.39, 0.29) is 5.60 Å². The Bertz CT molecular complexity index is 291. The summed E-state index contributed by atoms with van der Waals surface area (Å²) in [6, 6.07) is 0. The van der Waals surface area contributed by atoms with Gasteiger partial charge in [-0.2, -0.15) is 0 Å². The summed E-state index contributed by atoms with van der Waals surface area (Å²) in [6.07, 6.45) is 7.39. The van der Waals surface area contributed by atoms with Crippen LogP contribution in [0.3, 0.4) is 0 Å². The van der Waals surface area contributed by atoms with Crippen LogP contribution in [-0.4, -0.2) is 29.2 Å². The molecule has 2 unspecified atom stereocenters. The molecular weight excluding hydrogens is 252 g/mol. The minimum absolute atomic E-state index is 0.189. The summed E-state index contributed by atoms with van der Waals surface area (Å²) in [5, 5.41) is 10.1. The third-order valence-corrected chi connectivity index (χ3v) is 5.21. The van der Waals surface area contributed by atoms with Crippen LogP contribution in [0.4, 0.5) is 0 Å². The van der Waals surface area contributed by atoms with Gasteiger partial charge in [0.05, 0.1) is 17.8 Å². The molecule has 0 heterocycles. The van der Waals surface area contributed by atoms with Crippen LogP contribution in [0.2, 0.25) is 0 Å². The maximum Gasteiger partial charge on any atom is 0.120 e. The summed E-state index contributed by atoms with van der Waals surface area (Å²) >= 11 is 0. The Labute approximate surface area is 124 Å². The normalized spacial score (nSPS) is 20.4. The quantitative estimate of drug-likeness (QED) is 0.588. The van der Waals surface area contributed by atoms with Gasteiger partial charge < -0.3 is 14.6 Å². The molecule has 0 aromatic heterocycles. The molecule has 1 fully saturated rings. The topological polar surface area (TPSA) is 46.5 Å². The molecule has 0 aliphatic heterocycles. The maximum atomic E-state index is 11.0. The molecule has 0 aromatic rings. The zero-order valence-electron chi connectivity index (χ0n) is 13.7. The van der Waals surface area contributed by atoms with Gasteiger partial charge in [0, 0.05) is 6.42 Å². The number of carbonyl (C=O) groups excluding carboxylic acids is 1. The molecule has 0 aromatic carbocycles. The first-order valence-corrected chi connectivity index (χ1v) is 8.24. The molecule has 20 heavy (non-hydrogen) atoms. The van der Waals surface area contributed by atoms with E-state index < -0.39 is 5.60 Å². The van der Waals surface area contributed by atoms with Crippen LogP contribution in [0.15, 0.2) is 0 Å². The van der Waals surface area contributed by atoms with Crippen molar-refractivity contribution in [3.63, 3.8) is 0 Å². The number of aliphatic hydroxyl groups is 1. The molecule has 118 valence electrons. The Hall–Kier alpha value is -0.410. The maximum absolute atomic E-state index is 11.0. The smallest absolute Gasteiger partial charge is 0.120 e. The van der Waals surface area contributed by atoms with Crippen molar-refractivity contribution in [3.8, 4) is 0 Å². The molecule has 0 bridgehead atoms. The molecular formula is C17H32O3. The van der Waals surface area contributed by atoms with E-state index in [9.17, 15) is 9.90 Å². The fourth-order valence-electron chi connectivity index (χ4n) is 3.18. The van der Waals surface area contributed by atoms with Crippen LogP contribution in [0.25, 0.3) is 0 Å². The second-order valence-electron chi connectivity index (χ2n) is 6.57. The molecule has 1 aliphatic carbocycles. The lowest BCUT2D eigenvalue weighted by Crippen LogP contribution is -2.42. The van der Waals surface area contributed by atoms with Gasteiger partial charge in [-0.3, -0.25) is 0 Å². The lowest BCUT2D eigenvalue weighted by Gasteiger charge is -2.40. The van der Waals surface area contributed by atoms with Crippen LogP contribution in [0, 0.1) is 11.8 Å². The summed E-state index contributed by atoms with van der Waals surface area (Å²) in [4.78, 5) is 11.0. The number of hydrogen-bond acceptors (Lipinski definition) is 3. The number of rotatable bonds is 11. The third-order valence-electron chi connectivity index (χ3n) is 5.21. The molecule has 0 amide bonds. The second kappa shape index (κ2) is 7.56. The van der Waals surface area contributed by atoms with Crippen molar-refractivity contribution >= 4 is 6.29 Å². The zero-order valence-corrected chi connectivity index (χ0v) is 13.7. The summed E-state index contributed by atoms with van der Waals surface area (Å²) in [6.45, 7) is 8.74. The number of carbonyl (C=O) groups is 1. The van der Waals surface area contributed by atoms with Crippen molar-refractivity contribution in [2.24, 2.45) is 11.8 Å². The van der Waals surface area contributed by atoms with E-state index in [1.807, 2.05) is 13.8 Å². The molecule has 3 heteroatoms. The number of aldehydes is 1. The van der Waals surface area contributed by atoms with Gasteiger partial charge in [0.15, 0.2) is 0 Å². The predicted octanol–water partition coefficient (Wildman–Crippen LogP) is 3.73. The average Bonchev–Trinajstić information content (AvgIpc) is 3.26. The highest BCUT2D eigenvalue weighted by Crippen LogP contribution is 2.47. The highest BCUT2D eigenvalue weighted by molar-refractivity contribution is 5.50. The summed E-state index contributed by atoms with van der Waals surface area (Å²) in [7, 11) is 0. The van der Waals surface area contributed by atoms with E-state index in [2.05, 4.69) is 13.8 Å². The fraction of sp³-hybridized carbons (Fsp3) is 0.941. The summed E-state index contributed by atoms with van der Waals surface area (Å²) in [5.41, 5.74) is -0.834. The Kier molecular flexibility index (Phi) is 6.67. The van der Waals surface area contributed by atoms with E-state index in [4.69, 9.17) is 4.74 Å². The SMILES string of the molecule is CCC(C)(O)CCOC(CC)(CC)C(CC=O)C1CC1. The van der Waals surface area contributed by atoms with Crippen LogP contribution in [0.1, 0.15) is 72.6 Å². The predicted molar refractivity (Wildman–Crippen MR) is 81.7 cm³/mol. The Morgan fingerprint density at radius 1 is 1.25 bits per heavy atom. The average molecular weight is 284 g/mol. The molecule has 1 aliphatic rings. The second-order valence-corrected chi connectivity index (χ2v) is 6.57. The standard InChI is InChI=1S/C17H32O3/c1-5-16(4,19)11-13-20-17(6-2,7-3)15(10-12-18)14-8-9-14/h12,14-15,19H,5-11,13H2,1-4H3. The number of hydrogen-bond donors (Lipinski definition) is 1. The first kappa shape index (κ1) is 17.6. The van der Waals surface area contributed by atoms with Gasteiger partial charge in [-0.15, -0.1) is 0 Å². The van der Waals surface area contributed by atoms with Crippen LogP contribution < -0.4 is 0 Å². The largest absolute Gasteiger partial charge is 0.390 e. The Morgan fingerprint density at radius 2 is 1.85 bits per heavy atom. The van der Waals surface area contributed by atoms with Crippen molar-refractivity contribution < 1.29 is 14.6 Å². The summed E-state index contributed by atoms with van der Waals surface area (Å²) < 4.78 is 6.26. The molecule has 0 spiro atoms.